The van der Waals surface area contributed by atoms with Crippen molar-refractivity contribution in [1.82, 2.24) is 0 Å². The van der Waals surface area contributed by atoms with Crippen LogP contribution in [0.3, 0.4) is 0 Å². The van der Waals surface area contributed by atoms with Gasteiger partial charge in [-0.3, -0.25) is 4.79 Å². The summed E-state index contributed by atoms with van der Waals surface area (Å²) in [5.41, 5.74) is 1.81. The fourth-order valence-electron chi connectivity index (χ4n) is 1.93. The van der Waals surface area contributed by atoms with Gasteiger partial charge in [0.1, 0.15) is 5.25 Å². The molecule has 0 saturated heterocycles. The Bertz CT molecular complexity index is 600. The van der Waals surface area contributed by atoms with E-state index >= 15 is 0 Å². The Morgan fingerprint density at radius 3 is 2.67 bits per heavy atom. The number of hydrogen-bond donors (Lipinski definition) is 1. The summed E-state index contributed by atoms with van der Waals surface area (Å²) < 4.78 is 0. The molecule has 18 heavy (non-hydrogen) atoms. The highest BCUT2D eigenvalue weighted by atomic mass is 35.5. The molecule has 0 fully saturated rings. The Balaban J connectivity index is 1.97. The number of carbonyl (C=O) groups is 1. The first-order valence-corrected chi connectivity index (χ1v) is 6.82. The molecular weight excluding hydrogens is 266 g/mol. The number of anilines is 1. The first-order chi connectivity index (χ1) is 8.74. The summed E-state index contributed by atoms with van der Waals surface area (Å²) in [4.78, 5) is 13.1. The lowest BCUT2D eigenvalue weighted by molar-refractivity contribution is -0.115. The van der Waals surface area contributed by atoms with Crippen LogP contribution in [0.15, 0.2) is 53.4 Å². The number of amides is 1. The SMILES string of the molecule is O=C1Nc2cc(Cl)ccc2S[C@@H]1c1ccccc1. The summed E-state index contributed by atoms with van der Waals surface area (Å²) in [7, 11) is 0. The molecule has 1 N–H and O–H groups in total. The van der Waals surface area contributed by atoms with E-state index in [4.69, 9.17) is 11.6 Å². The van der Waals surface area contributed by atoms with Crippen LogP contribution in [0, 0.1) is 0 Å². The number of hydrogen-bond acceptors (Lipinski definition) is 2. The predicted molar refractivity (Wildman–Crippen MR) is 75.1 cm³/mol. The Kier molecular flexibility index (Phi) is 3.02. The lowest BCUT2D eigenvalue weighted by Crippen LogP contribution is -2.22. The largest absolute Gasteiger partial charge is 0.324 e. The van der Waals surface area contributed by atoms with Crippen molar-refractivity contribution in [3.05, 3.63) is 59.1 Å². The maximum atomic E-state index is 12.1. The van der Waals surface area contributed by atoms with E-state index in [0.717, 1.165) is 16.1 Å². The molecule has 3 rings (SSSR count). The number of nitrogens with one attached hydrogen (secondary N) is 1. The van der Waals surface area contributed by atoms with Crippen LogP contribution in [0.1, 0.15) is 10.8 Å². The smallest absolute Gasteiger partial charge is 0.242 e. The average molecular weight is 276 g/mol. The van der Waals surface area contributed by atoms with E-state index in [-0.39, 0.29) is 11.2 Å². The van der Waals surface area contributed by atoms with Gasteiger partial charge in [0.25, 0.3) is 0 Å². The maximum absolute atomic E-state index is 12.1. The number of fused-ring (bicyclic) bond motifs is 1. The second-order valence-corrected chi connectivity index (χ2v) is 5.62. The third-order valence-electron chi connectivity index (χ3n) is 2.78. The molecule has 0 radical (unpaired) electrons. The van der Waals surface area contributed by atoms with E-state index in [2.05, 4.69) is 5.32 Å². The molecule has 4 heteroatoms. The second kappa shape index (κ2) is 4.67. The van der Waals surface area contributed by atoms with Gasteiger partial charge in [-0.15, -0.1) is 11.8 Å². The zero-order chi connectivity index (χ0) is 12.5. The third kappa shape index (κ3) is 2.11. The normalized spacial score (nSPS) is 18.1. The topological polar surface area (TPSA) is 29.1 Å². The number of halogens is 1. The quantitative estimate of drug-likeness (QED) is 0.848. The van der Waals surface area contributed by atoms with Crippen molar-refractivity contribution in [2.75, 3.05) is 5.32 Å². The highest BCUT2D eigenvalue weighted by molar-refractivity contribution is 8.00. The first-order valence-electron chi connectivity index (χ1n) is 5.56. The average Bonchev–Trinajstić information content (AvgIpc) is 2.39. The summed E-state index contributed by atoms with van der Waals surface area (Å²) >= 11 is 7.47. The summed E-state index contributed by atoms with van der Waals surface area (Å²) in [5, 5.41) is 3.34. The minimum atomic E-state index is -0.195. The van der Waals surface area contributed by atoms with E-state index in [1.54, 1.807) is 17.8 Å². The van der Waals surface area contributed by atoms with E-state index in [1.165, 1.54) is 0 Å². The van der Waals surface area contributed by atoms with Crippen LogP contribution in [-0.2, 0) is 4.79 Å². The van der Waals surface area contributed by atoms with Crippen molar-refractivity contribution in [3.8, 4) is 0 Å². The molecule has 0 spiro atoms. The zero-order valence-electron chi connectivity index (χ0n) is 9.39. The molecule has 0 bridgehead atoms. The van der Waals surface area contributed by atoms with Gasteiger partial charge in [0.15, 0.2) is 0 Å². The van der Waals surface area contributed by atoms with Crippen LogP contribution in [0.2, 0.25) is 5.02 Å². The van der Waals surface area contributed by atoms with Crippen molar-refractivity contribution < 1.29 is 4.79 Å². The Morgan fingerprint density at radius 2 is 1.89 bits per heavy atom. The lowest BCUT2D eigenvalue weighted by atomic mass is 10.1. The van der Waals surface area contributed by atoms with Crippen LogP contribution >= 0.6 is 23.4 Å². The summed E-state index contributed by atoms with van der Waals surface area (Å²) in [5.74, 6) is 0.000895. The van der Waals surface area contributed by atoms with Gasteiger partial charge >= 0.3 is 0 Å². The van der Waals surface area contributed by atoms with E-state index in [9.17, 15) is 4.79 Å². The van der Waals surface area contributed by atoms with Gasteiger partial charge in [-0.05, 0) is 23.8 Å². The second-order valence-electron chi connectivity index (χ2n) is 4.04. The van der Waals surface area contributed by atoms with Crippen LogP contribution in [0.5, 0.6) is 0 Å². The van der Waals surface area contributed by atoms with E-state index < -0.39 is 0 Å². The molecule has 0 unspecified atom stereocenters. The van der Waals surface area contributed by atoms with Crippen molar-refractivity contribution in [3.63, 3.8) is 0 Å². The molecule has 2 aromatic carbocycles. The molecule has 0 aromatic heterocycles. The molecule has 1 heterocycles. The third-order valence-corrected chi connectivity index (χ3v) is 4.35. The summed E-state index contributed by atoms with van der Waals surface area (Å²) in [6, 6.07) is 15.3. The summed E-state index contributed by atoms with van der Waals surface area (Å²) in [6.45, 7) is 0. The molecule has 2 aromatic rings. The highest BCUT2D eigenvalue weighted by Crippen LogP contribution is 2.44. The molecule has 90 valence electrons. The van der Waals surface area contributed by atoms with Gasteiger partial charge in [-0.2, -0.15) is 0 Å². The number of benzene rings is 2. The van der Waals surface area contributed by atoms with Crippen LogP contribution in [-0.4, -0.2) is 5.91 Å². The first kappa shape index (κ1) is 11.6. The van der Waals surface area contributed by atoms with Crippen molar-refractivity contribution >= 4 is 35.0 Å². The lowest BCUT2D eigenvalue weighted by Gasteiger charge is -2.24. The Labute approximate surface area is 114 Å². The van der Waals surface area contributed by atoms with Gasteiger partial charge in [0, 0.05) is 9.92 Å². The molecular formula is C14H10ClNOS. The summed E-state index contributed by atoms with van der Waals surface area (Å²) in [6.07, 6.45) is 0. The van der Waals surface area contributed by atoms with Gasteiger partial charge < -0.3 is 5.32 Å². The van der Waals surface area contributed by atoms with Gasteiger partial charge in [-0.25, -0.2) is 0 Å². The zero-order valence-corrected chi connectivity index (χ0v) is 11.0. The maximum Gasteiger partial charge on any atom is 0.242 e. The number of rotatable bonds is 1. The Hall–Kier alpha value is -1.45. The molecule has 1 atom stereocenters. The van der Waals surface area contributed by atoms with Crippen LogP contribution in [0.4, 0.5) is 5.69 Å². The number of thioether (sulfide) groups is 1. The van der Waals surface area contributed by atoms with Crippen LogP contribution < -0.4 is 5.32 Å². The minimum absolute atomic E-state index is 0.000895. The monoisotopic (exact) mass is 275 g/mol. The van der Waals surface area contributed by atoms with Crippen molar-refractivity contribution in [2.24, 2.45) is 0 Å². The van der Waals surface area contributed by atoms with E-state index in [0.29, 0.717) is 5.02 Å². The molecule has 1 aliphatic heterocycles. The van der Waals surface area contributed by atoms with Gasteiger partial charge in [0.2, 0.25) is 5.91 Å². The number of carbonyl (C=O) groups excluding carboxylic acids is 1. The van der Waals surface area contributed by atoms with Crippen molar-refractivity contribution in [1.29, 1.82) is 0 Å². The highest BCUT2D eigenvalue weighted by Gasteiger charge is 2.28. The fourth-order valence-corrected chi connectivity index (χ4v) is 3.20. The molecule has 0 saturated carbocycles. The van der Waals surface area contributed by atoms with Crippen LogP contribution in [0.25, 0.3) is 0 Å². The predicted octanol–water partition coefficient (Wildman–Crippen LogP) is 4.13. The fraction of sp³-hybridized carbons (Fsp3) is 0.0714. The minimum Gasteiger partial charge on any atom is -0.324 e. The van der Waals surface area contributed by atoms with Gasteiger partial charge in [0.05, 0.1) is 5.69 Å². The Morgan fingerprint density at radius 1 is 1.11 bits per heavy atom. The van der Waals surface area contributed by atoms with Gasteiger partial charge in [-0.1, -0.05) is 41.9 Å². The van der Waals surface area contributed by atoms with Crippen molar-refractivity contribution in [2.45, 2.75) is 10.1 Å². The molecule has 2 nitrogen and oxygen atoms in total. The molecule has 1 aliphatic rings. The molecule has 1 amide bonds. The standard InChI is InChI=1S/C14H10ClNOS/c15-10-6-7-12-11(8-10)16-14(17)13(18-12)9-4-2-1-3-5-9/h1-8,13H,(H,16,17)/t13-/m1/s1. The van der Waals surface area contributed by atoms with E-state index in [1.807, 2.05) is 42.5 Å². The molecule has 0 aliphatic carbocycles.